The van der Waals surface area contributed by atoms with Crippen LogP contribution in [0.2, 0.25) is 0 Å². The van der Waals surface area contributed by atoms with Crippen LogP contribution in [-0.2, 0) is 6.42 Å². The molecule has 0 aliphatic carbocycles. The van der Waals surface area contributed by atoms with Crippen LogP contribution >= 0.6 is 0 Å². The first-order valence-corrected chi connectivity index (χ1v) is 6.44. The van der Waals surface area contributed by atoms with Crippen LogP contribution in [0.4, 0.5) is 13.2 Å². The van der Waals surface area contributed by atoms with Gasteiger partial charge in [-0.2, -0.15) is 0 Å². The average Bonchev–Trinajstić information content (AvgIpc) is 2.43. The van der Waals surface area contributed by atoms with Crippen LogP contribution in [0.15, 0.2) is 42.5 Å². The SMILES string of the molecule is CNCC(Cc1ccc(F)c(F)c1)c1ccc(F)cc1. The standard InChI is InChI=1S/C16H16F3N/c1-20-10-13(12-3-5-14(17)6-4-12)8-11-2-7-15(18)16(19)9-11/h2-7,9,13,20H,8,10H2,1H3. The van der Waals surface area contributed by atoms with Crippen LogP contribution in [0, 0.1) is 17.5 Å². The van der Waals surface area contributed by atoms with E-state index in [4.69, 9.17) is 0 Å². The Bertz CT molecular complexity index is 566. The highest BCUT2D eigenvalue weighted by Crippen LogP contribution is 2.22. The first kappa shape index (κ1) is 14.6. The fourth-order valence-corrected chi connectivity index (χ4v) is 2.24. The van der Waals surface area contributed by atoms with Crippen molar-refractivity contribution in [1.82, 2.24) is 5.32 Å². The Hall–Kier alpha value is -1.81. The van der Waals surface area contributed by atoms with E-state index in [0.717, 1.165) is 11.6 Å². The molecule has 0 bridgehead atoms. The van der Waals surface area contributed by atoms with Gasteiger partial charge in [-0.05, 0) is 48.9 Å². The van der Waals surface area contributed by atoms with Crippen LogP contribution in [-0.4, -0.2) is 13.6 Å². The maximum Gasteiger partial charge on any atom is 0.159 e. The molecule has 2 aromatic rings. The van der Waals surface area contributed by atoms with E-state index in [2.05, 4.69) is 5.32 Å². The van der Waals surface area contributed by atoms with E-state index in [1.807, 2.05) is 7.05 Å². The van der Waals surface area contributed by atoms with Crippen molar-refractivity contribution < 1.29 is 13.2 Å². The predicted octanol–water partition coefficient (Wildman–Crippen LogP) is 3.65. The Morgan fingerprint density at radius 2 is 1.65 bits per heavy atom. The highest BCUT2D eigenvalue weighted by Gasteiger charge is 2.13. The van der Waals surface area contributed by atoms with E-state index >= 15 is 0 Å². The molecule has 0 aliphatic heterocycles. The summed E-state index contributed by atoms with van der Waals surface area (Å²) >= 11 is 0. The highest BCUT2D eigenvalue weighted by molar-refractivity contribution is 5.26. The maximum absolute atomic E-state index is 13.2. The van der Waals surface area contributed by atoms with Crippen molar-refractivity contribution in [2.75, 3.05) is 13.6 Å². The first-order valence-electron chi connectivity index (χ1n) is 6.44. The zero-order valence-corrected chi connectivity index (χ0v) is 11.2. The predicted molar refractivity (Wildman–Crippen MR) is 73.1 cm³/mol. The molecule has 0 fully saturated rings. The smallest absolute Gasteiger partial charge is 0.159 e. The van der Waals surface area contributed by atoms with Gasteiger partial charge < -0.3 is 5.32 Å². The van der Waals surface area contributed by atoms with E-state index in [9.17, 15) is 13.2 Å². The fourth-order valence-electron chi connectivity index (χ4n) is 2.24. The van der Waals surface area contributed by atoms with Crippen molar-refractivity contribution >= 4 is 0 Å². The molecule has 0 saturated heterocycles. The molecule has 20 heavy (non-hydrogen) atoms. The van der Waals surface area contributed by atoms with Crippen molar-refractivity contribution in [1.29, 1.82) is 0 Å². The largest absolute Gasteiger partial charge is 0.319 e. The van der Waals surface area contributed by atoms with Gasteiger partial charge in [0.2, 0.25) is 0 Å². The molecular formula is C16H16F3N. The molecule has 0 aliphatic rings. The second-order valence-corrected chi connectivity index (χ2v) is 4.76. The van der Waals surface area contributed by atoms with E-state index in [1.165, 1.54) is 18.2 Å². The molecule has 0 amide bonds. The quantitative estimate of drug-likeness (QED) is 0.881. The van der Waals surface area contributed by atoms with Gasteiger partial charge in [0.25, 0.3) is 0 Å². The zero-order valence-electron chi connectivity index (χ0n) is 11.2. The Labute approximate surface area is 116 Å². The monoisotopic (exact) mass is 279 g/mol. The summed E-state index contributed by atoms with van der Waals surface area (Å²) < 4.78 is 39.1. The lowest BCUT2D eigenvalue weighted by Crippen LogP contribution is -2.19. The molecule has 4 heteroatoms. The van der Waals surface area contributed by atoms with Crippen LogP contribution in [0.25, 0.3) is 0 Å². The summed E-state index contributed by atoms with van der Waals surface area (Å²) in [5.74, 6) is -1.90. The van der Waals surface area contributed by atoms with Gasteiger partial charge in [0.1, 0.15) is 5.82 Å². The third-order valence-electron chi connectivity index (χ3n) is 3.26. The minimum atomic E-state index is -0.847. The fraction of sp³-hybridized carbons (Fsp3) is 0.250. The van der Waals surface area contributed by atoms with Crippen LogP contribution < -0.4 is 5.32 Å². The number of rotatable bonds is 5. The zero-order chi connectivity index (χ0) is 14.5. The highest BCUT2D eigenvalue weighted by atomic mass is 19.2. The second-order valence-electron chi connectivity index (χ2n) is 4.76. The summed E-state index contributed by atoms with van der Waals surface area (Å²) in [6, 6.07) is 10.2. The van der Waals surface area contributed by atoms with E-state index in [0.29, 0.717) is 18.5 Å². The van der Waals surface area contributed by atoms with Crippen molar-refractivity contribution in [2.45, 2.75) is 12.3 Å². The first-order chi connectivity index (χ1) is 9.60. The molecule has 106 valence electrons. The molecule has 2 rings (SSSR count). The lowest BCUT2D eigenvalue weighted by atomic mass is 9.92. The third kappa shape index (κ3) is 3.61. The van der Waals surface area contributed by atoms with Gasteiger partial charge in [-0.1, -0.05) is 18.2 Å². The van der Waals surface area contributed by atoms with Crippen LogP contribution in [0.5, 0.6) is 0 Å². The van der Waals surface area contributed by atoms with Gasteiger partial charge in [-0.25, -0.2) is 13.2 Å². The maximum atomic E-state index is 13.2. The molecule has 1 N–H and O–H groups in total. The lowest BCUT2D eigenvalue weighted by Gasteiger charge is -2.17. The Balaban J connectivity index is 2.20. The second kappa shape index (κ2) is 6.57. The van der Waals surface area contributed by atoms with E-state index in [-0.39, 0.29) is 11.7 Å². The van der Waals surface area contributed by atoms with Crippen molar-refractivity contribution in [3.8, 4) is 0 Å². The number of hydrogen-bond acceptors (Lipinski definition) is 1. The topological polar surface area (TPSA) is 12.0 Å². The number of likely N-dealkylation sites (N-methyl/N-ethyl adjacent to an activating group) is 1. The molecule has 2 aromatic carbocycles. The molecule has 0 saturated carbocycles. The van der Waals surface area contributed by atoms with Crippen LogP contribution in [0.3, 0.4) is 0 Å². The molecular weight excluding hydrogens is 263 g/mol. The molecule has 0 spiro atoms. The molecule has 1 nitrogen and oxygen atoms in total. The number of hydrogen-bond donors (Lipinski definition) is 1. The molecule has 0 radical (unpaired) electrons. The lowest BCUT2D eigenvalue weighted by molar-refractivity contribution is 0.505. The third-order valence-corrected chi connectivity index (χ3v) is 3.26. The summed E-state index contributed by atoms with van der Waals surface area (Å²) in [6.45, 7) is 0.671. The summed E-state index contributed by atoms with van der Waals surface area (Å²) in [4.78, 5) is 0. The molecule has 0 aromatic heterocycles. The van der Waals surface area contributed by atoms with Crippen LogP contribution in [0.1, 0.15) is 17.0 Å². The minimum absolute atomic E-state index is 0.0745. The van der Waals surface area contributed by atoms with Crippen molar-refractivity contribution in [3.05, 3.63) is 71.0 Å². The van der Waals surface area contributed by atoms with Gasteiger partial charge in [0, 0.05) is 12.5 Å². The number of halogens is 3. The van der Waals surface area contributed by atoms with E-state index < -0.39 is 11.6 Å². The normalized spacial score (nSPS) is 12.4. The minimum Gasteiger partial charge on any atom is -0.319 e. The van der Waals surface area contributed by atoms with E-state index in [1.54, 1.807) is 18.2 Å². The van der Waals surface area contributed by atoms with Gasteiger partial charge in [0.15, 0.2) is 11.6 Å². The average molecular weight is 279 g/mol. The van der Waals surface area contributed by atoms with Gasteiger partial charge in [-0.3, -0.25) is 0 Å². The molecule has 0 heterocycles. The Morgan fingerprint density at radius 3 is 2.25 bits per heavy atom. The summed E-state index contributed by atoms with van der Waals surface area (Å²) in [7, 11) is 1.82. The van der Waals surface area contributed by atoms with Gasteiger partial charge in [-0.15, -0.1) is 0 Å². The number of nitrogens with one attached hydrogen (secondary N) is 1. The summed E-state index contributed by atoms with van der Waals surface area (Å²) in [5.41, 5.74) is 1.68. The van der Waals surface area contributed by atoms with Crippen molar-refractivity contribution in [3.63, 3.8) is 0 Å². The summed E-state index contributed by atoms with van der Waals surface area (Å²) in [5, 5.41) is 3.07. The molecule has 1 atom stereocenters. The van der Waals surface area contributed by atoms with Gasteiger partial charge >= 0.3 is 0 Å². The summed E-state index contributed by atoms with van der Waals surface area (Å²) in [6.07, 6.45) is 0.559. The van der Waals surface area contributed by atoms with Crippen molar-refractivity contribution in [2.24, 2.45) is 0 Å². The number of benzene rings is 2. The Kier molecular flexibility index (Phi) is 4.79. The van der Waals surface area contributed by atoms with Gasteiger partial charge in [0.05, 0.1) is 0 Å². The Morgan fingerprint density at radius 1 is 0.950 bits per heavy atom. The molecule has 1 unspecified atom stereocenters.